The Morgan fingerprint density at radius 3 is 2.44 bits per heavy atom. The van der Waals surface area contributed by atoms with Gasteiger partial charge in [-0.25, -0.2) is 0 Å². The van der Waals surface area contributed by atoms with E-state index >= 15 is 0 Å². The number of fused-ring (bicyclic) bond motifs is 2. The summed E-state index contributed by atoms with van der Waals surface area (Å²) in [5.41, 5.74) is 13.2. The van der Waals surface area contributed by atoms with Crippen LogP contribution in [0.15, 0.2) is 42.1 Å². The van der Waals surface area contributed by atoms with Crippen LogP contribution >= 0.6 is 0 Å². The molecule has 1 aromatic carbocycles. The largest absolute Gasteiger partial charge is 0.399 e. The van der Waals surface area contributed by atoms with Crippen molar-refractivity contribution in [1.29, 1.82) is 0 Å². The average Bonchev–Trinajstić information content (AvgIpc) is 2.36. The summed E-state index contributed by atoms with van der Waals surface area (Å²) >= 11 is 0. The first kappa shape index (κ1) is 10.8. The van der Waals surface area contributed by atoms with Crippen LogP contribution in [-0.4, -0.2) is 11.6 Å². The van der Waals surface area contributed by atoms with Crippen LogP contribution in [0, 0.1) is 11.8 Å². The van der Waals surface area contributed by atoms with E-state index in [4.69, 9.17) is 11.5 Å². The molecular formula is C14H12N2O2. The van der Waals surface area contributed by atoms with Gasteiger partial charge in [-0.3, -0.25) is 9.59 Å². The minimum Gasteiger partial charge on any atom is -0.399 e. The van der Waals surface area contributed by atoms with Crippen molar-refractivity contribution >= 4 is 17.3 Å². The number of hydrogen-bond donors (Lipinski definition) is 2. The van der Waals surface area contributed by atoms with E-state index in [9.17, 15) is 9.59 Å². The van der Waals surface area contributed by atoms with Crippen molar-refractivity contribution in [3.63, 3.8) is 0 Å². The van der Waals surface area contributed by atoms with Gasteiger partial charge in [0.05, 0.1) is 11.8 Å². The van der Waals surface area contributed by atoms with E-state index in [1.165, 1.54) is 0 Å². The number of benzene rings is 1. The molecule has 0 spiro atoms. The fourth-order valence-corrected chi connectivity index (χ4v) is 2.53. The highest BCUT2D eigenvalue weighted by Gasteiger charge is 2.40. The van der Waals surface area contributed by atoms with Gasteiger partial charge in [0.1, 0.15) is 0 Å². The number of ketones is 2. The lowest BCUT2D eigenvalue weighted by atomic mass is 9.72. The third-order valence-electron chi connectivity index (χ3n) is 3.43. The summed E-state index contributed by atoms with van der Waals surface area (Å²) in [7, 11) is 0. The van der Waals surface area contributed by atoms with Gasteiger partial charge in [-0.1, -0.05) is 6.08 Å². The quantitative estimate of drug-likeness (QED) is 0.669. The molecule has 0 saturated carbocycles. The zero-order chi connectivity index (χ0) is 12.9. The predicted molar refractivity (Wildman–Crippen MR) is 67.9 cm³/mol. The highest BCUT2D eigenvalue weighted by atomic mass is 16.1. The van der Waals surface area contributed by atoms with E-state index in [0.717, 1.165) is 0 Å². The van der Waals surface area contributed by atoms with Gasteiger partial charge in [-0.2, -0.15) is 0 Å². The Bertz CT molecular complexity index is 629. The standard InChI is InChI=1S/C14H12N2O2/c15-7-1-3-9-11(5-7)14(18)10-4-2-8(16)6-12(10)13(9)17/h1-6,9,11H,15-16H2. The summed E-state index contributed by atoms with van der Waals surface area (Å²) in [6.45, 7) is 0. The predicted octanol–water partition coefficient (Wildman–Crippen LogP) is 1.29. The zero-order valence-corrected chi connectivity index (χ0v) is 9.59. The van der Waals surface area contributed by atoms with Crippen molar-refractivity contribution in [1.82, 2.24) is 0 Å². The molecule has 0 aromatic heterocycles. The van der Waals surface area contributed by atoms with Crippen LogP contribution in [0.25, 0.3) is 0 Å². The minimum absolute atomic E-state index is 0.0677. The Hall–Kier alpha value is -2.36. The minimum atomic E-state index is -0.473. The molecule has 4 N–H and O–H groups in total. The fraction of sp³-hybridized carbons (Fsp3) is 0.143. The molecule has 2 unspecified atom stereocenters. The molecule has 4 heteroatoms. The normalized spacial score (nSPS) is 25.4. The number of carbonyl (C=O) groups is 2. The molecule has 0 aliphatic heterocycles. The molecule has 0 fully saturated rings. The second-order valence-electron chi connectivity index (χ2n) is 4.61. The highest BCUT2D eigenvalue weighted by Crippen LogP contribution is 2.35. The lowest BCUT2D eigenvalue weighted by Crippen LogP contribution is -2.36. The molecule has 0 heterocycles. The van der Waals surface area contributed by atoms with Gasteiger partial charge < -0.3 is 11.5 Å². The molecule has 0 saturated heterocycles. The van der Waals surface area contributed by atoms with Crippen molar-refractivity contribution in [2.75, 3.05) is 5.73 Å². The Morgan fingerprint density at radius 2 is 1.67 bits per heavy atom. The molecule has 0 amide bonds. The van der Waals surface area contributed by atoms with Crippen molar-refractivity contribution in [3.8, 4) is 0 Å². The van der Waals surface area contributed by atoms with E-state index < -0.39 is 11.8 Å². The molecule has 0 bridgehead atoms. The van der Waals surface area contributed by atoms with Crippen LogP contribution in [0.2, 0.25) is 0 Å². The van der Waals surface area contributed by atoms with Crippen LogP contribution < -0.4 is 11.5 Å². The number of carbonyl (C=O) groups excluding carboxylic acids is 2. The summed E-state index contributed by atoms with van der Waals surface area (Å²) < 4.78 is 0. The van der Waals surface area contributed by atoms with Crippen molar-refractivity contribution in [2.45, 2.75) is 0 Å². The first-order valence-electron chi connectivity index (χ1n) is 5.71. The lowest BCUT2D eigenvalue weighted by molar-refractivity contribution is 0.0801. The van der Waals surface area contributed by atoms with Crippen molar-refractivity contribution in [3.05, 3.63) is 53.3 Å². The van der Waals surface area contributed by atoms with Gasteiger partial charge in [-0.05, 0) is 30.4 Å². The van der Waals surface area contributed by atoms with Crippen LogP contribution in [-0.2, 0) is 0 Å². The zero-order valence-electron chi connectivity index (χ0n) is 9.59. The second-order valence-corrected chi connectivity index (χ2v) is 4.61. The number of nitrogens with two attached hydrogens (primary N) is 2. The molecule has 18 heavy (non-hydrogen) atoms. The third kappa shape index (κ3) is 1.39. The number of anilines is 1. The second kappa shape index (κ2) is 3.57. The SMILES string of the molecule is NC1=CC2C(=O)c3ccc(N)cc3C(=O)C2C=C1. The molecular weight excluding hydrogens is 228 g/mol. The monoisotopic (exact) mass is 240 g/mol. The van der Waals surface area contributed by atoms with Crippen LogP contribution in [0.4, 0.5) is 5.69 Å². The molecule has 2 aliphatic carbocycles. The summed E-state index contributed by atoms with van der Waals surface area (Å²) in [4.78, 5) is 24.7. The summed E-state index contributed by atoms with van der Waals surface area (Å²) in [6.07, 6.45) is 5.03. The molecule has 2 atom stereocenters. The maximum atomic E-state index is 12.3. The fourth-order valence-electron chi connectivity index (χ4n) is 2.53. The average molecular weight is 240 g/mol. The van der Waals surface area contributed by atoms with Crippen molar-refractivity contribution in [2.24, 2.45) is 17.6 Å². The van der Waals surface area contributed by atoms with E-state index in [-0.39, 0.29) is 11.6 Å². The van der Waals surface area contributed by atoms with E-state index in [2.05, 4.69) is 0 Å². The Balaban J connectivity index is 2.19. The Morgan fingerprint density at radius 1 is 0.944 bits per heavy atom. The number of rotatable bonds is 0. The van der Waals surface area contributed by atoms with Gasteiger partial charge in [-0.15, -0.1) is 0 Å². The number of nitrogen functional groups attached to an aromatic ring is 1. The lowest BCUT2D eigenvalue weighted by Gasteiger charge is -2.29. The maximum Gasteiger partial charge on any atom is 0.171 e. The molecule has 0 radical (unpaired) electrons. The summed E-state index contributed by atoms with van der Waals surface area (Å²) in [5.74, 6) is -1.05. The molecule has 90 valence electrons. The van der Waals surface area contributed by atoms with Crippen LogP contribution in [0.5, 0.6) is 0 Å². The smallest absolute Gasteiger partial charge is 0.171 e. The molecule has 1 aromatic rings. The Kier molecular flexibility index (Phi) is 2.13. The highest BCUT2D eigenvalue weighted by molar-refractivity contribution is 6.17. The number of hydrogen-bond acceptors (Lipinski definition) is 4. The summed E-state index contributed by atoms with van der Waals surface area (Å²) in [5, 5.41) is 0. The maximum absolute atomic E-state index is 12.3. The molecule has 2 aliphatic rings. The van der Waals surface area contributed by atoms with Crippen LogP contribution in [0.3, 0.4) is 0 Å². The van der Waals surface area contributed by atoms with Crippen molar-refractivity contribution < 1.29 is 9.59 Å². The first-order valence-corrected chi connectivity index (χ1v) is 5.71. The number of allylic oxidation sites excluding steroid dienone is 3. The first-order chi connectivity index (χ1) is 8.58. The Labute approximate surface area is 104 Å². The topological polar surface area (TPSA) is 86.2 Å². The molecule has 4 nitrogen and oxygen atoms in total. The molecule has 3 rings (SSSR count). The van der Waals surface area contributed by atoms with E-state index in [0.29, 0.717) is 22.5 Å². The van der Waals surface area contributed by atoms with Gasteiger partial charge in [0.15, 0.2) is 11.6 Å². The van der Waals surface area contributed by atoms with Gasteiger partial charge in [0.2, 0.25) is 0 Å². The van der Waals surface area contributed by atoms with E-state index in [1.54, 1.807) is 36.4 Å². The van der Waals surface area contributed by atoms with Gasteiger partial charge in [0.25, 0.3) is 0 Å². The summed E-state index contributed by atoms with van der Waals surface area (Å²) in [6, 6.07) is 4.82. The van der Waals surface area contributed by atoms with E-state index in [1.807, 2.05) is 0 Å². The van der Waals surface area contributed by atoms with Gasteiger partial charge in [0, 0.05) is 22.5 Å². The third-order valence-corrected chi connectivity index (χ3v) is 3.43. The van der Waals surface area contributed by atoms with Crippen LogP contribution in [0.1, 0.15) is 20.7 Å². The number of Topliss-reactive ketones (excluding diaryl/α,β-unsaturated/α-hetero) is 2. The van der Waals surface area contributed by atoms with Gasteiger partial charge >= 0.3 is 0 Å².